The van der Waals surface area contributed by atoms with Crippen LogP contribution in [-0.4, -0.2) is 44.2 Å². The molecule has 0 radical (unpaired) electrons. The first kappa shape index (κ1) is 15.0. The maximum atomic E-state index is 11.7. The first-order chi connectivity index (χ1) is 5.37. The van der Waals surface area contributed by atoms with Gasteiger partial charge in [0.05, 0.1) is 6.54 Å². The van der Waals surface area contributed by atoms with Gasteiger partial charge in [0, 0.05) is 7.05 Å². The summed E-state index contributed by atoms with van der Waals surface area (Å²) in [4.78, 5) is 11.4. The highest BCUT2D eigenvalue weighted by Gasteiger charge is 2.30. The minimum Gasteiger partial charge on any atom is -0.336 e. The smallest absolute Gasteiger partial charge is 0.336 e. The zero-order chi connectivity index (χ0) is 9.78. The van der Waals surface area contributed by atoms with Crippen LogP contribution in [0.4, 0.5) is 13.2 Å². The molecule has 0 aromatic heterocycles. The first-order valence-corrected chi connectivity index (χ1v) is 3.32. The molecule has 3 nitrogen and oxygen atoms in total. The maximum Gasteiger partial charge on any atom is 0.406 e. The molecule has 0 heterocycles. The monoisotopic (exact) mass is 220 g/mol. The van der Waals surface area contributed by atoms with Crippen molar-refractivity contribution < 1.29 is 18.0 Å². The molecular weight excluding hydrogens is 209 g/mol. The molecule has 1 amide bonds. The Balaban J connectivity index is 0. The molecule has 0 aliphatic heterocycles. The molecule has 7 heteroatoms. The van der Waals surface area contributed by atoms with E-state index in [1.54, 1.807) is 0 Å². The van der Waals surface area contributed by atoms with Crippen molar-refractivity contribution in [1.82, 2.24) is 10.2 Å². The molecule has 0 aliphatic carbocycles. The summed E-state index contributed by atoms with van der Waals surface area (Å²) in [5.74, 6) is -0.574. The van der Waals surface area contributed by atoms with Crippen molar-refractivity contribution in [2.24, 2.45) is 0 Å². The van der Waals surface area contributed by atoms with E-state index in [-0.39, 0.29) is 19.0 Å². The summed E-state index contributed by atoms with van der Waals surface area (Å²) in [5.41, 5.74) is 0. The van der Waals surface area contributed by atoms with Gasteiger partial charge in [-0.05, 0) is 7.05 Å². The summed E-state index contributed by atoms with van der Waals surface area (Å²) < 4.78 is 35.1. The van der Waals surface area contributed by atoms with E-state index in [9.17, 15) is 18.0 Å². The third-order valence-electron chi connectivity index (χ3n) is 1.17. The van der Waals surface area contributed by atoms with Crippen LogP contribution in [0.1, 0.15) is 0 Å². The van der Waals surface area contributed by atoms with Gasteiger partial charge >= 0.3 is 6.18 Å². The van der Waals surface area contributed by atoms with Crippen LogP contribution in [0, 0.1) is 0 Å². The molecule has 0 saturated carbocycles. The zero-order valence-corrected chi connectivity index (χ0v) is 8.13. The number of carbonyl (C=O) groups excluding carboxylic acids is 1. The molecular formula is C6H12ClF3N2O. The van der Waals surface area contributed by atoms with Crippen molar-refractivity contribution in [3.8, 4) is 0 Å². The molecule has 0 atom stereocenters. The molecule has 0 rings (SSSR count). The highest BCUT2D eigenvalue weighted by Crippen LogP contribution is 2.15. The fraction of sp³-hybridized carbons (Fsp3) is 0.833. The Morgan fingerprint density at radius 3 is 2.23 bits per heavy atom. The van der Waals surface area contributed by atoms with Gasteiger partial charge in [0.15, 0.2) is 0 Å². The molecule has 0 spiro atoms. The van der Waals surface area contributed by atoms with Crippen molar-refractivity contribution in [2.45, 2.75) is 6.18 Å². The van der Waals surface area contributed by atoms with E-state index in [1.807, 2.05) is 0 Å². The molecule has 0 saturated heterocycles. The Bertz CT molecular complexity index is 162. The molecule has 0 aromatic rings. The number of nitrogens with one attached hydrogen (secondary N) is 1. The van der Waals surface area contributed by atoms with E-state index in [1.165, 1.54) is 7.05 Å². The maximum absolute atomic E-state index is 11.7. The van der Waals surface area contributed by atoms with Crippen LogP contribution >= 0.6 is 12.4 Å². The van der Waals surface area contributed by atoms with Gasteiger partial charge in [-0.3, -0.25) is 4.79 Å². The lowest BCUT2D eigenvalue weighted by molar-refractivity contribution is -0.157. The number of hydrogen-bond acceptors (Lipinski definition) is 2. The predicted molar refractivity (Wildman–Crippen MR) is 44.9 cm³/mol. The lowest BCUT2D eigenvalue weighted by Crippen LogP contribution is -2.39. The second-order valence-corrected chi connectivity index (χ2v) is 2.40. The van der Waals surface area contributed by atoms with Gasteiger partial charge in [-0.2, -0.15) is 13.2 Å². The fourth-order valence-corrected chi connectivity index (χ4v) is 0.643. The van der Waals surface area contributed by atoms with Gasteiger partial charge in [0.1, 0.15) is 6.54 Å². The number of alkyl halides is 3. The van der Waals surface area contributed by atoms with Crippen LogP contribution in [0.5, 0.6) is 0 Å². The van der Waals surface area contributed by atoms with Gasteiger partial charge < -0.3 is 10.2 Å². The highest BCUT2D eigenvalue weighted by atomic mass is 35.5. The Morgan fingerprint density at radius 2 is 1.92 bits per heavy atom. The first-order valence-electron chi connectivity index (χ1n) is 3.32. The minimum atomic E-state index is -4.32. The van der Waals surface area contributed by atoms with Crippen LogP contribution in [0.3, 0.4) is 0 Å². The largest absolute Gasteiger partial charge is 0.406 e. The van der Waals surface area contributed by atoms with Crippen LogP contribution in [0.15, 0.2) is 0 Å². The van der Waals surface area contributed by atoms with Crippen LogP contribution in [0.2, 0.25) is 0 Å². The van der Waals surface area contributed by atoms with E-state index >= 15 is 0 Å². The van der Waals surface area contributed by atoms with Crippen molar-refractivity contribution in [1.29, 1.82) is 0 Å². The average Bonchev–Trinajstić information content (AvgIpc) is 1.84. The van der Waals surface area contributed by atoms with E-state index in [0.29, 0.717) is 4.90 Å². The molecule has 0 aromatic carbocycles. The lowest BCUT2D eigenvalue weighted by atomic mass is 10.5. The topological polar surface area (TPSA) is 32.3 Å². The number of halogens is 4. The molecule has 0 fully saturated rings. The second-order valence-electron chi connectivity index (χ2n) is 2.40. The highest BCUT2D eigenvalue weighted by molar-refractivity contribution is 5.85. The number of carbonyl (C=O) groups is 1. The SMILES string of the molecule is CNCC(=O)N(C)CC(F)(F)F.Cl. The molecule has 0 unspecified atom stereocenters. The quantitative estimate of drug-likeness (QED) is 0.758. The van der Waals surface area contributed by atoms with Crippen molar-refractivity contribution in [3.05, 3.63) is 0 Å². The molecule has 0 aliphatic rings. The Kier molecular flexibility index (Phi) is 6.97. The standard InChI is InChI=1S/C6H11F3N2O.ClH/c1-10-3-5(12)11(2)4-6(7,8)9;/h10H,3-4H2,1-2H3;1H. The van der Waals surface area contributed by atoms with Crippen molar-refractivity contribution in [2.75, 3.05) is 27.2 Å². The Hall–Kier alpha value is -0.490. The van der Waals surface area contributed by atoms with E-state index in [0.717, 1.165) is 7.05 Å². The van der Waals surface area contributed by atoms with Crippen molar-refractivity contribution in [3.63, 3.8) is 0 Å². The van der Waals surface area contributed by atoms with Gasteiger partial charge in [0.2, 0.25) is 5.91 Å². The summed E-state index contributed by atoms with van der Waals surface area (Å²) in [5, 5.41) is 2.48. The molecule has 1 N–H and O–H groups in total. The zero-order valence-electron chi connectivity index (χ0n) is 7.31. The predicted octanol–water partition coefficient (Wildman–Crippen LogP) is 0.648. The van der Waals surface area contributed by atoms with Crippen LogP contribution in [-0.2, 0) is 4.79 Å². The lowest BCUT2D eigenvalue weighted by Gasteiger charge is -2.18. The van der Waals surface area contributed by atoms with E-state index in [4.69, 9.17) is 0 Å². The van der Waals surface area contributed by atoms with Gasteiger partial charge in [0.25, 0.3) is 0 Å². The van der Waals surface area contributed by atoms with Crippen LogP contribution < -0.4 is 5.32 Å². The number of rotatable bonds is 3. The van der Waals surface area contributed by atoms with Gasteiger partial charge in [-0.15, -0.1) is 12.4 Å². The number of amides is 1. The van der Waals surface area contributed by atoms with Crippen molar-refractivity contribution >= 4 is 18.3 Å². The summed E-state index contributed by atoms with van der Waals surface area (Å²) in [6.45, 7) is -1.28. The van der Waals surface area contributed by atoms with E-state index in [2.05, 4.69) is 5.32 Å². The Labute approximate surface area is 80.7 Å². The van der Waals surface area contributed by atoms with Gasteiger partial charge in [-0.1, -0.05) is 0 Å². The van der Waals surface area contributed by atoms with E-state index < -0.39 is 18.6 Å². The third kappa shape index (κ3) is 7.86. The number of nitrogens with zero attached hydrogens (tertiary/aromatic N) is 1. The van der Waals surface area contributed by atoms with Gasteiger partial charge in [-0.25, -0.2) is 0 Å². The summed E-state index contributed by atoms with van der Waals surface area (Å²) in [6, 6.07) is 0. The fourth-order valence-electron chi connectivity index (χ4n) is 0.643. The molecule has 0 bridgehead atoms. The molecule has 80 valence electrons. The van der Waals surface area contributed by atoms with Crippen LogP contribution in [0.25, 0.3) is 0 Å². The summed E-state index contributed by atoms with van der Waals surface area (Å²) >= 11 is 0. The number of hydrogen-bond donors (Lipinski definition) is 1. The summed E-state index contributed by atoms with van der Waals surface area (Å²) in [7, 11) is 2.62. The third-order valence-corrected chi connectivity index (χ3v) is 1.17. The summed E-state index contributed by atoms with van der Waals surface area (Å²) in [6.07, 6.45) is -4.32. The second kappa shape index (κ2) is 6.04. The minimum absolute atomic E-state index is 0. The average molecular weight is 221 g/mol. The normalized spacial score (nSPS) is 10.5. The molecule has 13 heavy (non-hydrogen) atoms. The number of likely N-dealkylation sites (N-methyl/N-ethyl adjacent to an activating group) is 2. The Morgan fingerprint density at radius 1 is 1.46 bits per heavy atom.